The van der Waals surface area contributed by atoms with Crippen LogP contribution in [0.15, 0.2) is 47.4 Å². The number of carbonyl (C=O) groups is 2. The third-order valence-corrected chi connectivity index (χ3v) is 5.19. The number of esters is 1. The molecule has 0 bridgehead atoms. The maximum atomic E-state index is 13.5. The van der Waals surface area contributed by atoms with Crippen molar-refractivity contribution in [3.8, 4) is 0 Å². The quantitative estimate of drug-likeness (QED) is 0.676. The van der Waals surface area contributed by atoms with Crippen LogP contribution in [0.4, 0.5) is 10.1 Å². The van der Waals surface area contributed by atoms with E-state index in [0.29, 0.717) is 10.7 Å². The van der Waals surface area contributed by atoms with E-state index in [1.54, 1.807) is 25.1 Å². The number of ether oxygens (including phenoxy) is 1. The van der Waals surface area contributed by atoms with Crippen LogP contribution in [0.1, 0.15) is 5.56 Å². The molecule has 1 amide bonds. The van der Waals surface area contributed by atoms with Gasteiger partial charge < -0.3 is 10.1 Å². The highest BCUT2D eigenvalue weighted by Crippen LogP contribution is 2.19. The fraction of sp³-hybridized carbons (Fsp3) is 0.176. The number of hydrogen-bond donors (Lipinski definition) is 2. The number of anilines is 1. The summed E-state index contributed by atoms with van der Waals surface area (Å²) in [5.41, 5.74) is 1.26. The summed E-state index contributed by atoms with van der Waals surface area (Å²) in [6.07, 6.45) is 0. The van der Waals surface area contributed by atoms with Crippen molar-refractivity contribution >= 4 is 39.2 Å². The van der Waals surface area contributed by atoms with Crippen molar-refractivity contribution in [2.24, 2.45) is 0 Å². The summed E-state index contributed by atoms with van der Waals surface area (Å²) in [4.78, 5) is 22.8. The summed E-state index contributed by atoms with van der Waals surface area (Å²) < 4.78 is 44.0. The Kier molecular flexibility index (Phi) is 6.89. The summed E-state index contributed by atoms with van der Waals surface area (Å²) in [5, 5.41) is 2.95. The smallest absolute Gasteiger partial charge is 0.321 e. The fourth-order valence-electron chi connectivity index (χ4n) is 1.96. The number of benzene rings is 2. The molecule has 0 radical (unpaired) electrons. The van der Waals surface area contributed by atoms with Crippen molar-refractivity contribution in [2.75, 3.05) is 18.5 Å². The molecule has 2 N–H and O–H groups in total. The van der Waals surface area contributed by atoms with E-state index >= 15 is 0 Å². The highest BCUT2D eigenvalue weighted by molar-refractivity contribution is 7.89. The Balaban J connectivity index is 1.83. The number of nitrogens with one attached hydrogen (secondary N) is 2. The van der Waals surface area contributed by atoms with Gasteiger partial charge in [0.25, 0.3) is 5.91 Å². The van der Waals surface area contributed by atoms with Gasteiger partial charge in [-0.3, -0.25) is 9.59 Å². The molecule has 0 aliphatic carbocycles. The molecule has 2 aromatic rings. The second kappa shape index (κ2) is 8.94. The summed E-state index contributed by atoms with van der Waals surface area (Å²) in [6, 6.07) is 9.60. The molecule has 2 rings (SSSR count). The van der Waals surface area contributed by atoms with Gasteiger partial charge in [-0.05, 0) is 36.8 Å². The SMILES string of the molecule is Cc1ccc(NC(=O)COC(=O)CNS(=O)(=O)c2ccccc2F)cc1Cl. The van der Waals surface area contributed by atoms with E-state index in [4.69, 9.17) is 11.6 Å². The second-order valence-electron chi connectivity index (χ2n) is 5.43. The molecule has 0 atom stereocenters. The monoisotopic (exact) mass is 414 g/mol. The van der Waals surface area contributed by atoms with E-state index < -0.39 is 45.8 Å². The number of halogens is 2. The van der Waals surface area contributed by atoms with Gasteiger partial charge in [-0.15, -0.1) is 0 Å². The van der Waals surface area contributed by atoms with Crippen molar-refractivity contribution in [1.82, 2.24) is 4.72 Å². The molecule has 7 nitrogen and oxygen atoms in total. The zero-order valence-electron chi connectivity index (χ0n) is 14.2. The van der Waals surface area contributed by atoms with Crippen LogP contribution < -0.4 is 10.0 Å². The molecule has 27 heavy (non-hydrogen) atoms. The van der Waals surface area contributed by atoms with E-state index in [0.717, 1.165) is 17.7 Å². The fourth-order valence-corrected chi connectivity index (χ4v) is 3.19. The lowest BCUT2D eigenvalue weighted by Gasteiger charge is -2.09. The Bertz CT molecular complexity index is 966. The van der Waals surface area contributed by atoms with Crippen LogP contribution in [-0.2, 0) is 24.3 Å². The molecule has 2 aromatic carbocycles. The van der Waals surface area contributed by atoms with Crippen molar-refractivity contribution in [3.63, 3.8) is 0 Å². The molecule has 0 unspecified atom stereocenters. The number of amides is 1. The minimum Gasteiger partial charge on any atom is -0.455 e. The van der Waals surface area contributed by atoms with Gasteiger partial charge >= 0.3 is 5.97 Å². The number of aryl methyl sites for hydroxylation is 1. The van der Waals surface area contributed by atoms with Gasteiger partial charge in [-0.1, -0.05) is 29.8 Å². The zero-order valence-corrected chi connectivity index (χ0v) is 15.7. The third-order valence-electron chi connectivity index (χ3n) is 3.35. The first-order valence-electron chi connectivity index (χ1n) is 7.65. The largest absolute Gasteiger partial charge is 0.455 e. The van der Waals surface area contributed by atoms with Crippen molar-refractivity contribution in [1.29, 1.82) is 0 Å². The molecule has 0 aromatic heterocycles. The van der Waals surface area contributed by atoms with Crippen LogP contribution >= 0.6 is 11.6 Å². The maximum Gasteiger partial charge on any atom is 0.321 e. The van der Waals surface area contributed by atoms with Crippen molar-refractivity contribution < 1.29 is 27.1 Å². The van der Waals surface area contributed by atoms with Crippen molar-refractivity contribution in [3.05, 3.63) is 58.9 Å². The van der Waals surface area contributed by atoms with E-state index in [1.807, 2.05) is 4.72 Å². The molecule has 0 aliphatic heterocycles. The van der Waals surface area contributed by atoms with Crippen LogP contribution in [0, 0.1) is 12.7 Å². The Hall–Kier alpha value is -2.49. The Morgan fingerprint density at radius 1 is 1.19 bits per heavy atom. The maximum absolute atomic E-state index is 13.5. The number of hydrogen-bond acceptors (Lipinski definition) is 5. The summed E-state index contributed by atoms with van der Waals surface area (Å²) in [6.45, 7) is 0.435. The topological polar surface area (TPSA) is 102 Å². The lowest BCUT2D eigenvalue weighted by molar-refractivity contribution is -0.146. The Labute approximate surface area is 160 Å². The van der Waals surface area contributed by atoms with Crippen LogP contribution in [0.2, 0.25) is 5.02 Å². The van der Waals surface area contributed by atoms with E-state index in [-0.39, 0.29) is 0 Å². The van der Waals surface area contributed by atoms with E-state index in [9.17, 15) is 22.4 Å². The highest BCUT2D eigenvalue weighted by atomic mass is 35.5. The molecule has 0 aliphatic rings. The average molecular weight is 415 g/mol. The molecule has 10 heteroatoms. The zero-order chi connectivity index (χ0) is 20.0. The highest BCUT2D eigenvalue weighted by Gasteiger charge is 2.20. The molecule has 0 heterocycles. The normalized spacial score (nSPS) is 11.1. The molecule has 144 valence electrons. The molecular formula is C17H16ClFN2O5S. The number of sulfonamides is 1. The van der Waals surface area contributed by atoms with Gasteiger partial charge in [0.2, 0.25) is 10.0 Å². The van der Waals surface area contributed by atoms with Crippen LogP contribution in [0.3, 0.4) is 0 Å². The Morgan fingerprint density at radius 3 is 2.56 bits per heavy atom. The summed E-state index contributed by atoms with van der Waals surface area (Å²) in [5.74, 6) is -2.57. The second-order valence-corrected chi connectivity index (χ2v) is 7.57. The molecule has 0 spiro atoms. The molecule has 0 saturated heterocycles. The van der Waals surface area contributed by atoms with Gasteiger partial charge in [0.15, 0.2) is 6.61 Å². The van der Waals surface area contributed by atoms with Crippen LogP contribution in [0.25, 0.3) is 0 Å². The number of carbonyl (C=O) groups excluding carboxylic acids is 2. The van der Waals surface area contributed by atoms with Gasteiger partial charge in [-0.2, -0.15) is 4.72 Å². The predicted molar refractivity (Wildman–Crippen MR) is 97.4 cm³/mol. The van der Waals surface area contributed by atoms with Crippen LogP contribution in [-0.4, -0.2) is 33.4 Å². The molecule has 0 saturated carbocycles. The molecule has 0 fully saturated rings. The first kappa shape index (κ1) is 20.8. The van der Waals surface area contributed by atoms with Crippen molar-refractivity contribution in [2.45, 2.75) is 11.8 Å². The lowest BCUT2D eigenvalue weighted by Crippen LogP contribution is -2.32. The lowest BCUT2D eigenvalue weighted by atomic mass is 10.2. The van der Waals surface area contributed by atoms with E-state index in [1.165, 1.54) is 12.1 Å². The van der Waals surface area contributed by atoms with E-state index in [2.05, 4.69) is 10.1 Å². The predicted octanol–water partition coefficient (Wildman–Crippen LogP) is 2.25. The Morgan fingerprint density at radius 2 is 1.89 bits per heavy atom. The van der Waals surface area contributed by atoms with Crippen LogP contribution in [0.5, 0.6) is 0 Å². The van der Waals surface area contributed by atoms with Gasteiger partial charge in [-0.25, -0.2) is 12.8 Å². The number of rotatable bonds is 7. The summed E-state index contributed by atoms with van der Waals surface area (Å²) >= 11 is 5.94. The minimum absolute atomic E-state index is 0.423. The standard InChI is InChI=1S/C17H16ClFN2O5S/c1-11-6-7-12(8-13(11)18)21-16(22)10-26-17(23)9-20-27(24,25)15-5-3-2-4-14(15)19/h2-8,20H,9-10H2,1H3,(H,21,22). The minimum atomic E-state index is -4.22. The van der Waals surface area contributed by atoms with Gasteiger partial charge in [0.05, 0.1) is 0 Å². The summed E-state index contributed by atoms with van der Waals surface area (Å²) in [7, 11) is -4.22. The average Bonchev–Trinajstić information content (AvgIpc) is 2.61. The van der Waals surface area contributed by atoms with Gasteiger partial charge in [0.1, 0.15) is 17.3 Å². The third kappa shape index (κ3) is 6.02. The first-order chi connectivity index (χ1) is 12.7. The first-order valence-corrected chi connectivity index (χ1v) is 9.51. The van der Waals surface area contributed by atoms with Gasteiger partial charge in [0, 0.05) is 10.7 Å². The molecular weight excluding hydrogens is 399 g/mol.